The fourth-order valence-electron chi connectivity index (χ4n) is 4.41. The van der Waals surface area contributed by atoms with E-state index in [0.717, 1.165) is 16.6 Å². The number of amides is 1. The van der Waals surface area contributed by atoms with Gasteiger partial charge in [0.25, 0.3) is 0 Å². The van der Waals surface area contributed by atoms with E-state index in [-0.39, 0.29) is 23.5 Å². The number of carbonyl (C=O) groups excluding carboxylic acids is 1. The number of hydrogen-bond acceptors (Lipinski definition) is 6. The van der Waals surface area contributed by atoms with E-state index in [1.54, 1.807) is 19.1 Å². The largest absolute Gasteiger partial charge is 0.493 e. The zero-order chi connectivity index (χ0) is 25.2. The summed E-state index contributed by atoms with van der Waals surface area (Å²) in [5, 5.41) is 3.72. The topological polar surface area (TPSA) is 106 Å². The Morgan fingerprint density at radius 3 is 2.50 bits per heavy atom. The van der Waals surface area contributed by atoms with Crippen molar-refractivity contribution in [2.24, 2.45) is 0 Å². The van der Waals surface area contributed by atoms with Gasteiger partial charge in [0.2, 0.25) is 11.7 Å². The molecule has 1 atom stereocenters. The first-order valence-electron chi connectivity index (χ1n) is 11.5. The van der Waals surface area contributed by atoms with Crippen LogP contribution in [0.25, 0.3) is 22.0 Å². The van der Waals surface area contributed by atoms with E-state index in [9.17, 15) is 9.59 Å². The number of nitrogens with one attached hydrogen (secondary N) is 2. The number of aromatic nitrogens is 2. The van der Waals surface area contributed by atoms with Crippen LogP contribution in [0, 0.1) is 6.92 Å². The van der Waals surface area contributed by atoms with E-state index in [1.807, 2.05) is 54.6 Å². The van der Waals surface area contributed by atoms with E-state index in [4.69, 9.17) is 13.9 Å². The molecule has 8 heteroatoms. The van der Waals surface area contributed by atoms with Gasteiger partial charge in [-0.05, 0) is 42.3 Å². The number of nitrogens with zero attached hydrogens (tertiary/aromatic N) is 1. The third-order valence-corrected chi connectivity index (χ3v) is 6.25. The lowest BCUT2D eigenvalue weighted by Gasteiger charge is -2.18. The van der Waals surface area contributed by atoms with Gasteiger partial charge in [-0.1, -0.05) is 42.5 Å². The molecule has 8 nitrogen and oxygen atoms in total. The molecule has 1 amide bonds. The molecule has 2 aromatic heterocycles. The van der Waals surface area contributed by atoms with Crippen molar-refractivity contribution < 1.29 is 18.7 Å². The average molecular weight is 484 g/mol. The average Bonchev–Trinajstić information content (AvgIpc) is 3.33. The summed E-state index contributed by atoms with van der Waals surface area (Å²) in [6.07, 6.45) is -0.151. The van der Waals surface area contributed by atoms with Crippen molar-refractivity contribution in [3.8, 4) is 11.5 Å². The number of fused-ring (bicyclic) bond motifs is 2. The van der Waals surface area contributed by atoms with E-state index in [0.29, 0.717) is 28.3 Å². The number of ether oxygens (including phenoxy) is 2. The molecule has 0 saturated carbocycles. The van der Waals surface area contributed by atoms with Crippen LogP contribution in [0.5, 0.6) is 11.5 Å². The van der Waals surface area contributed by atoms with Gasteiger partial charge in [0.1, 0.15) is 11.9 Å². The Kier molecular flexibility index (Phi) is 6.16. The third-order valence-electron chi connectivity index (χ3n) is 6.25. The van der Waals surface area contributed by atoms with Crippen molar-refractivity contribution in [1.29, 1.82) is 0 Å². The Morgan fingerprint density at radius 2 is 1.78 bits per heavy atom. The highest BCUT2D eigenvalue weighted by molar-refractivity contribution is 5.90. The minimum Gasteiger partial charge on any atom is -0.493 e. The maximum absolute atomic E-state index is 13.3. The van der Waals surface area contributed by atoms with Crippen LogP contribution in [-0.2, 0) is 11.2 Å². The number of hydrogen-bond donors (Lipinski definition) is 2. The molecule has 182 valence electrons. The molecule has 0 aliphatic heterocycles. The molecule has 5 rings (SSSR count). The number of imidazole rings is 1. The van der Waals surface area contributed by atoms with Gasteiger partial charge in [0.15, 0.2) is 11.3 Å². The minimum absolute atomic E-state index is 0.151. The second kappa shape index (κ2) is 9.58. The number of benzene rings is 3. The fraction of sp³-hybridized carbons (Fsp3) is 0.179. The number of para-hydroxylation sites is 2. The molecule has 0 saturated heterocycles. The van der Waals surface area contributed by atoms with Crippen LogP contribution in [0.4, 0.5) is 0 Å². The van der Waals surface area contributed by atoms with Crippen LogP contribution < -0.4 is 20.4 Å². The molecule has 36 heavy (non-hydrogen) atoms. The molecule has 3 aromatic carbocycles. The second-order valence-electron chi connectivity index (χ2n) is 8.40. The first kappa shape index (κ1) is 23.2. The monoisotopic (exact) mass is 483 g/mol. The van der Waals surface area contributed by atoms with Gasteiger partial charge in [-0.25, -0.2) is 9.78 Å². The van der Waals surface area contributed by atoms with Gasteiger partial charge in [0.05, 0.1) is 37.2 Å². The summed E-state index contributed by atoms with van der Waals surface area (Å²) in [5.41, 5.74) is 3.16. The van der Waals surface area contributed by atoms with Crippen LogP contribution >= 0.6 is 0 Å². The lowest BCUT2D eigenvalue weighted by atomic mass is 10.0. The lowest BCUT2D eigenvalue weighted by molar-refractivity contribution is -0.121. The lowest BCUT2D eigenvalue weighted by Crippen LogP contribution is -2.32. The Balaban J connectivity index is 1.49. The standard InChI is InChI=1S/C28H25N3O5/c1-16-18-13-14-22(34-2)26(35-3)25(18)36-28(33)19(16)15-23(32)31-24(17-9-5-4-6-10-17)27-29-20-11-7-8-12-21(20)30-27/h4-14,24H,15H2,1-3H3,(H,29,30)(H,31,32). The molecule has 1 unspecified atom stereocenters. The predicted molar refractivity (Wildman–Crippen MR) is 137 cm³/mol. The van der Waals surface area contributed by atoms with Gasteiger partial charge in [-0.2, -0.15) is 0 Å². The third kappa shape index (κ3) is 4.17. The van der Waals surface area contributed by atoms with Gasteiger partial charge < -0.3 is 24.2 Å². The van der Waals surface area contributed by atoms with E-state index >= 15 is 0 Å². The number of aryl methyl sites for hydroxylation is 1. The van der Waals surface area contributed by atoms with Gasteiger partial charge in [-0.15, -0.1) is 0 Å². The molecule has 5 aromatic rings. The number of carbonyl (C=O) groups is 1. The highest BCUT2D eigenvalue weighted by atomic mass is 16.5. The highest BCUT2D eigenvalue weighted by Gasteiger charge is 2.23. The van der Waals surface area contributed by atoms with Crippen molar-refractivity contribution in [3.63, 3.8) is 0 Å². The van der Waals surface area contributed by atoms with Crippen LogP contribution in [0.2, 0.25) is 0 Å². The van der Waals surface area contributed by atoms with Gasteiger partial charge >= 0.3 is 5.63 Å². The highest BCUT2D eigenvalue weighted by Crippen LogP contribution is 2.36. The molecule has 0 aliphatic rings. The van der Waals surface area contributed by atoms with E-state index in [2.05, 4.69) is 15.3 Å². The van der Waals surface area contributed by atoms with Gasteiger partial charge in [-0.3, -0.25) is 4.79 Å². The number of methoxy groups -OCH3 is 2. The quantitative estimate of drug-likeness (QED) is 0.332. The maximum atomic E-state index is 13.3. The summed E-state index contributed by atoms with van der Waals surface area (Å²) in [4.78, 5) is 34.2. The number of rotatable bonds is 7. The smallest absolute Gasteiger partial charge is 0.340 e. The van der Waals surface area contributed by atoms with Crippen molar-refractivity contribution in [1.82, 2.24) is 15.3 Å². The molecule has 2 N–H and O–H groups in total. The van der Waals surface area contributed by atoms with Crippen molar-refractivity contribution in [2.75, 3.05) is 14.2 Å². The molecular formula is C28H25N3O5. The summed E-state index contributed by atoms with van der Waals surface area (Å²) in [7, 11) is 2.99. The van der Waals surface area contributed by atoms with Crippen molar-refractivity contribution in [2.45, 2.75) is 19.4 Å². The van der Waals surface area contributed by atoms with Crippen molar-refractivity contribution in [3.05, 3.63) is 99.7 Å². The van der Waals surface area contributed by atoms with Crippen molar-refractivity contribution >= 4 is 27.9 Å². The van der Waals surface area contributed by atoms with E-state index in [1.165, 1.54) is 14.2 Å². The minimum atomic E-state index is -0.596. The van der Waals surface area contributed by atoms with Crippen LogP contribution in [0.15, 0.2) is 75.9 Å². The summed E-state index contributed by atoms with van der Waals surface area (Å²) in [6.45, 7) is 1.79. The van der Waals surface area contributed by atoms with Crippen LogP contribution in [0.1, 0.15) is 28.6 Å². The Bertz CT molecular complexity index is 1590. The van der Waals surface area contributed by atoms with Gasteiger partial charge in [0, 0.05) is 5.39 Å². The second-order valence-corrected chi connectivity index (χ2v) is 8.40. The zero-order valence-corrected chi connectivity index (χ0v) is 20.1. The fourth-order valence-corrected chi connectivity index (χ4v) is 4.41. The molecule has 0 bridgehead atoms. The maximum Gasteiger partial charge on any atom is 0.340 e. The number of aromatic amines is 1. The normalized spacial score (nSPS) is 12.0. The molecule has 0 fully saturated rings. The molecule has 0 aliphatic carbocycles. The zero-order valence-electron chi connectivity index (χ0n) is 20.1. The Morgan fingerprint density at radius 1 is 1.03 bits per heavy atom. The molecule has 2 heterocycles. The summed E-state index contributed by atoms with van der Waals surface area (Å²) in [5.74, 6) is 1.06. The molecule has 0 radical (unpaired) electrons. The summed E-state index contributed by atoms with van der Waals surface area (Å²) >= 11 is 0. The molecular weight excluding hydrogens is 458 g/mol. The first-order chi connectivity index (χ1) is 17.5. The predicted octanol–water partition coefficient (Wildman–Crippen LogP) is 4.44. The van der Waals surface area contributed by atoms with Crippen LogP contribution in [-0.4, -0.2) is 30.1 Å². The summed E-state index contributed by atoms with van der Waals surface area (Å²) < 4.78 is 16.3. The summed E-state index contributed by atoms with van der Waals surface area (Å²) in [6, 6.07) is 20.2. The SMILES string of the molecule is COc1ccc2c(C)c(CC(=O)NC(c3ccccc3)c3nc4ccccc4[nH]3)c(=O)oc2c1OC. The van der Waals surface area contributed by atoms with E-state index < -0.39 is 11.7 Å². The van der Waals surface area contributed by atoms with Crippen LogP contribution in [0.3, 0.4) is 0 Å². The first-order valence-corrected chi connectivity index (χ1v) is 11.5. The molecule has 0 spiro atoms. The number of H-pyrrole nitrogens is 1. The Hall–Kier alpha value is -4.59. The Labute approximate surface area is 206 Å².